The van der Waals surface area contributed by atoms with Crippen molar-refractivity contribution >= 4 is 0 Å². The van der Waals surface area contributed by atoms with Gasteiger partial charge in [-0.1, -0.05) is 6.92 Å². The molecule has 1 aliphatic carbocycles. The topological polar surface area (TPSA) is 27.7 Å². The van der Waals surface area contributed by atoms with Crippen LogP contribution in [-0.2, 0) is 4.74 Å². The number of ether oxygens (including phenoxy) is 1. The molecule has 1 atom stereocenters. The smallest absolute Gasteiger partial charge is 0.0829 e. The van der Waals surface area contributed by atoms with Gasteiger partial charge >= 0.3 is 0 Å². The number of morpholine rings is 1. The van der Waals surface area contributed by atoms with Crippen LogP contribution < -0.4 is 5.32 Å². The second kappa shape index (κ2) is 7.58. The molecule has 2 rings (SSSR count). The maximum atomic E-state index is 5.87. The van der Waals surface area contributed by atoms with Crippen LogP contribution in [0, 0.1) is 0 Å². The van der Waals surface area contributed by atoms with Gasteiger partial charge in [-0.3, -0.25) is 0 Å². The molecule has 2 fully saturated rings. The van der Waals surface area contributed by atoms with Gasteiger partial charge in [0.25, 0.3) is 0 Å². The number of hydrogen-bond acceptors (Lipinski definition) is 4. The van der Waals surface area contributed by atoms with Crippen LogP contribution >= 0.6 is 0 Å². The fraction of sp³-hybridized carbons (Fsp3) is 1.00. The van der Waals surface area contributed by atoms with Crippen LogP contribution in [-0.4, -0.2) is 74.9 Å². The zero-order chi connectivity index (χ0) is 13.7. The Bertz CT molecular complexity index is 254. The van der Waals surface area contributed by atoms with Crippen molar-refractivity contribution in [1.29, 1.82) is 0 Å². The molecule has 1 unspecified atom stereocenters. The molecule has 0 spiro atoms. The second-order valence-corrected chi connectivity index (χ2v) is 6.26. The molecule has 0 amide bonds. The van der Waals surface area contributed by atoms with Gasteiger partial charge in [0.05, 0.1) is 12.7 Å². The van der Waals surface area contributed by atoms with Crippen LogP contribution in [0.5, 0.6) is 0 Å². The first-order chi connectivity index (χ1) is 9.19. The Hall–Kier alpha value is -0.160. The van der Waals surface area contributed by atoms with Crippen LogP contribution in [0.15, 0.2) is 0 Å². The molecule has 0 aromatic rings. The van der Waals surface area contributed by atoms with E-state index in [4.69, 9.17) is 4.74 Å². The molecule has 0 bridgehead atoms. The molecule has 4 nitrogen and oxygen atoms in total. The number of likely N-dealkylation sites (N-methyl/N-ethyl adjacent to an activating group) is 2. The van der Waals surface area contributed by atoms with E-state index in [1.54, 1.807) is 0 Å². The van der Waals surface area contributed by atoms with Crippen LogP contribution in [0.3, 0.4) is 0 Å². The largest absolute Gasteiger partial charge is 0.374 e. The zero-order valence-corrected chi connectivity index (χ0v) is 12.9. The van der Waals surface area contributed by atoms with E-state index in [1.807, 2.05) is 0 Å². The summed E-state index contributed by atoms with van der Waals surface area (Å²) in [5.74, 6) is 0. The minimum absolute atomic E-state index is 0.398. The average molecular weight is 269 g/mol. The Balaban J connectivity index is 1.70. The van der Waals surface area contributed by atoms with E-state index in [-0.39, 0.29) is 0 Å². The van der Waals surface area contributed by atoms with Gasteiger partial charge < -0.3 is 19.9 Å². The highest BCUT2D eigenvalue weighted by atomic mass is 16.5. The van der Waals surface area contributed by atoms with Crippen LogP contribution in [0.1, 0.15) is 32.6 Å². The van der Waals surface area contributed by atoms with E-state index in [2.05, 4.69) is 36.1 Å². The summed E-state index contributed by atoms with van der Waals surface area (Å²) in [5, 5.41) is 3.58. The van der Waals surface area contributed by atoms with Crippen molar-refractivity contribution < 1.29 is 4.74 Å². The first kappa shape index (κ1) is 15.2. The Labute approximate surface area is 118 Å². The first-order valence-corrected chi connectivity index (χ1v) is 7.92. The fourth-order valence-electron chi connectivity index (χ4n) is 3.46. The van der Waals surface area contributed by atoms with Gasteiger partial charge in [-0.15, -0.1) is 0 Å². The average Bonchev–Trinajstić information content (AvgIpc) is 2.40. The van der Waals surface area contributed by atoms with Gasteiger partial charge in [0.15, 0.2) is 0 Å². The predicted octanol–water partition coefficient (Wildman–Crippen LogP) is 1.17. The Morgan fingerprint density at radius 3 is 2.63 bits per heavy atom. The van der Waals surface area contributed by atoms with E-state index >= 15 is 0 Å². The molecule has 0 aromatic heterocycles. The minimum atomic E-state index is 0.398. The Kier molecular flexibility index (Phi) is 6.07. The summed E-state index contributed by atoms with van der Waals surface area (Å²) in [5.41, 5.74) is 0. The molecule has 1 aliphatic heterocycles. The van der Waals surface area contributed by atoms with Crippen LogP contribution in [0.25, 0.3) is 0 Å². The van der Waals surface area contributed by atoms with E-state index in [0.717, 1.165) is 44.9 Å². The third-order valence-corrected chi connectivity index (χ3v) is 4.65. The lowest BCUT2D eigenvalue weighted by Gasteiger charge is -2.38. The molecule has 112 valence electrons. The number of rotatable bonds is 5. The Morgan fingerprint density at radius 2 is 2.00 bits per heavy atom. The number of hydrogen-bond donors (Lipinski definition) is 1. The van der Waals surface area contributed by atoms with Gasteiger partial charge in [-0.25, -0.2) is 0 Å². The van der Waals surface area contributed by atoms with E-state index < -0.39 is 0 Å². The van der Waals surface area contributed by atoms with Crippen molar-refractivity contribution in [2.45, 2.75) is 50.8 Å². The SMILES string of the molecule is CCNC1CCC(N(C)CC2CN(C)CCO2)CC1. The van der Waals surface area contributed by atoms with Gasteiger partial charge in [0, 0.05) is 31.7 Å². The van der Waals surface area contributed by atoms with Crippen LogP contribution in [0.2, 0.25) is 0 Å². The van der Waals surface area contributed by atoms with Crippen molar-refractivity contribution in [3.05, 3.63) is 0 Å². The lowest BCUT2D eigenvalue weighted by Crippen LogP contribution is -2.48. The van der Waals surface area contributed by atoms with E-state index in [9.17, 15) is 0 Å². The Morgan fingerprint density at radius 1 is 1.26 bits per heavy atom. The molecule has 0 aromatic carbocycles. The molecular formula is C15H31N3O. The van der Waals surface area contributed by atoms with Crippen LogP contribution in [0.4, 0.5) is 0 Å². The molecule has 1 N–H and O–H groups in total. The van der Waals surface area contributed by atoms with Gasteiger partial charge in [0.1, 0.15) is 0 Å². The standard InChI is InChI=1S/C15H31N3O/c1-4-16-13-5-7-14(8-6-13)18(3)12-15-11-17(2)9-10-19-15/h13-16H,4-12H2,1-3H3. The minimum Gasteiger partial charge on any atom is -0.374 e. The van der Waals surface area contributed by atoms with Gasteiger partial charge in [-0.05, 0) is 46.3 Å². The summed E-state index contributed by atoms with van der Waals surface area (Å²) in [6, 6.07) is 1.51. The number of nitrogens with zero attached hydrogens (tertiary/aromatic N) is 2. The molecular weight excluding hydrogens is 238 g/mol. The van der Waals surface area contributed by atoms with Crippen molar-refractivity contribution in [1.82, 2.24) is 15.1 Å². The maximum absolute atomic E-state index is 5.87. The molecule has 1 saturated heterocycles. The zero-order valence-electron chi connectivity index (χ0n) is 12.9. The third-order valence-electron chi connectivity index (χ3n) is 4.65. The quantitative estimate of drug-likeness (QED) is 0.811. The highest BCUT2D eigenvalue weighted by Crippen LogP contribution is 2.23. The predicted molar refractivity (Wildman–Crippen MR) is 79.6 cm³/mol. The second-order valence-electron chi connectivity index (χ2n) is 6.26. The summed E-state index contributed by atoms with van der Waals surface area (Å²) in [6.45, 7) is 7.44. The maximum Gasteiger partial charge on any atom is 0.0829 e. The third kappa shape index (κ3) is 4.71. The van der Waals surface area contributed by atoms with Crippen molar-refractivity contribution in [3.63, 3.8) is 0 Å². The van der Waals surface area contributed by atoms with Crippen molar-refractivity contribution in [3.8, 4) is 0 Å². The highest BCUT2D eigenvalue weighted by molar-refractivity contribution is 4.83. The summed E-state index contributed by atoms with van der Waals surface area (Å²) in [7, 11) is 4.47. The lowest BCUT2D eigenvalue weighted by molar-refractivity contribution is -0.0395. The molecule has 2 aliphatic rings. The molecule has 4 heteroatoms. The van der Waals surface area contributed by atoms with Crippen molar-refractivity contribution in [2.75, 3.05) is 46.9 Å². The fourth-order valence-corrected chi connectivity index (χ4v) is 3.46. The summed E-state index contributed by atoms with van der Waals surface area (Å²) in [6.07, 6.45) is 5.71. The molecule has 1 heterocycles. The monoisotopic (exact) mass is 269 g/mol. The highest BCUT2D eigenvalue weighted by Gasteiger charge is 2.26. The number of nitrogens with one attached hydrogen (secondary N) is 1. The van der Waals surface area contributed by atoms with Crippen molar-refractivity contribution in [2.24, 2.45) is 0 Å². The van der Waals surface area contributed by atoms with E-state index in [1.165, 1.54) is 25.7 Å². The van der Waals surface area contributed by atoms with Gasteiger partial charge in [-0.2, -0.15) is 0 Å². The first-order valence-electron chi connectivity index (χ1n) is 7.92. The van der Waals surface area contributed by atoms with E-state index in [0.29, 0.717) is 6.10 Å². The summed E-state index contributed by atoms with van der Waals surface area (Å²) < 4.78 is 5.87. The summed E-state index contributed by atoms with van der Waals surface area (Å²) >= 11 is 0. The lowest BCUT2D eigenvalue weighted by atomic mass is 9.90. The normalized spacial score (nSPS) is 33.8. The molecule has 1 saturated carbocycles. The molecule has 0 radical (unpaired) electrons. The molecule has 19 heavy (non-hydrogen) atoms. The van der Waals surface area contributed by atoms with Gasteiger partial charge in [0.2, 0.25) is 0 Å². The summed E-state index contributed by atoms with van der Waals surface area (Å²) in [4.78, 5) is 4.91.